The van der Waals surface area contributed by atoms with Crippen molar-refractivity contribution in [1.82, 2.24) is 23.6 Å². The number of benzene rings is 2. The van der Waals surface area contributed by atoms with Gasteiger partial charge in [-0.25, -0.2) is 14.3 Å². The van der Waals surface area contributed by atoms with Crippen LogP contribution in [0, 0.1) is 5.92 Å². The normalized spacial score (nSPS) is 15.0. The number of hydrogen-bond acceptors (Lipinski definition) is 7. The third kappa shape index (κ3) is 7.44. The first kappa shape index (κ1) is 35.1. The standard InChI is InChI=1S/C34H43Cl2N5O5Si/c1-34(2,3)47(5,6)46-20-19-38-17-15-23(16-18-38)21-39-31-29(32(43)40(33(39)44)22-28(42)45-4)41(25-13-11-24(35)12-14-25)30(37-31)26-9-7-8-10-27(26)36/h7-14,23H,15-22H2,1-6H3. The molecule has 3 heterocycles. The smallest absolute Gasteiger partial charge is 0.333 e. The van der Waals surface area contributed by atoms with E-state index in [2.05, 4.69) is 38.8 Å². The van der Waals surface area contributed by atoms with Crippen molar-refractivity contribution in [3.8, 4) is 17.1 Å². The fourth-order valence-corrected chi connectivity index (χ4v) is 7.08. The summed E-state index contributed by atoms with van der Waals surface area (Å²) in [7, 11) is -0.594. The van der Waals surface area contributed by atoms with Crippen LogP contribution in [0.25, 0.3) is 28.2 Å². The lowest BCUT2D eigenvalue weighted by Crippen LogP contribution is -2.45. The molecule has 1 aliphatic rings. The Morgan fingerprint density at radius 3 is 2.28 bits per heavy atom. The van der Waals surface area contributed by atoms with E-state index in [1.807, 2.05) is 18.2 Å². The zero-order valence-electron chi connectivity index (χ0n) is 27.9. The van der Waals surface area contributed by atoms with Crippen LogP contribution < -0.4 is 11.2 Å². The Morgan fingerprint density at radius 1 is 1.00 bits per heavy atom. The van der Waals surface area contributed by atoms with Gasteiger partial charge in [0.25, 0.3) is 5.56 Å². The molecule has 0 atom stereocenters. The third-order valence-corrected chi connectivity index (χ3v) is 14.7. The second kappa shape index (κ2) is 14.1. The molecule has 13 heteroatoms. The highest BCUT2D eigenvalue weighted by molar-refractivity contribution is 6.74. The molecule has 0 spiro atoms. The van der Waals surface area contributed by atoms with Gasteiger partial charge in [-0.05, 0) is 86.4 Å². The highest BCUT2D eigenvalue weighted by Crippen LogP contribution is 2.36. The maximum Gasteiger partial charge on any atom is 0.333 e. The minimum atomic E-state index is -1.82. The number of rotatable bonds is 10. The quantitative estimate of drug-likeness (QED) is 0.143. The van der Waals surface area contributed by atoms with Crippen molar-refractivity contribution in [2.24, 2.45) is 5.92 Å². The monoisotopic (exact) mass is 699 g/mol. The molecule has 2 aromatic heterocycles. The summed E-state index contributed by atoms with van der Waals surface area (Å²) >= 11 is 12.9. The molecular formula is C34H43Cl2N5O5Si. The van der Waals surface area contributed by atoms with Crippen molar-refractivity contribution in [1.29, 1.82) is 0 Å². The molecule has 252 valence electrons. The number of likely N-dealkylation sites (tertiary alicyclic amines) is 1. The van der Waals surface area contributed by atoms with Crippen LogP contribution in [0.4, 0.5) is 0 Å². The Labute approximate surface area is 286 Å². The van der Waals surface area contributed by atoms with E-state index < -0.39 is 32.1 Å². The molecule has 1 aliphatic heterocycles. The Morgan fingerprint density at radius 2 is 1.66 bits per heavy atom. The number of nitrogens with zero attached hydrogens (tertiary/aromatic N) is 5. The summed E-state index contributed by atoms with van der Waals surface area (Å²) in [6.07, 6.45) is 1.72. The fraction of sp³-hybridized carbons (Fsp3) is 0.471. The number of carbonyl (C=O) groups is 1. The minimum absolute atomic E-state index is 0.155. The average Bonchev–Trinajstić information content (AvgIpc) is 3.42. The molecule has 0 aliphatic carbocycles. The van der Waals surface area contributed by atoms with Crippen molar-refractivity contribution >= 4 is 48.7 Å². The lowest BCUT2D eigenvalue weighted by atomic mass is 9.96. The number of hydrogen-bond donors (Lipinski definition) is 0. The van der Waals surface area contributed by atoms with Gasteiger partial charge in [-0.3, -0.25) is 18.7 Å². The average molecular weight is 701 g/mol. The highest BCUT2D eigenvalue weighted by Gasteiger charge is 2.37. The number of carbonyl (C=O) groups excluding carboxylic acids is 1. The van der Waals surface area contributed by atoms with Crippen LogP contribution >= 0.6 is 23.2 Å². The van der Waals surface area contributed by atoms with Crippen molar-refractivity contribution < 1.29 is 14.0 Å². The van der Waals surface area contributed by atoms with Gasteiger partial charge >= 0.3 is 11.7 Å². The SMILES string of the molecule is COC(=O)Cn1c(=O)c2c(nc(-c3ccccc3Cl)n2-c2ccc(Cl)cc2)n(CC2CCN(CCO[Si](C)(C)C(C)(C)C)CC2)c1=O. The van der Waals surface area contributed by atoms with Crippen molar-refractivity contribution in [3.05, 3.63) is 79.4 Å². The van der Waals surface area contributed by atoms with E-state index in [1.54, 1.807) is 34.9 Å². The van der Waals surface area contributed by atoms with Crippen LogP contribution in [-0.4, -0.2) is 71.2 Å². The lowest BCUT2D eigenvalue weighted by molar-refractivity contribution is -0.141. The molecule has 1 fully saturated rings. The number of methoxy groups -OCH3 is 1. The summed E-state index contributed by atoms with van der Waals surface area (Å²) in [5.41, 5.74) is 0.328. The van der Waals surface area contributed by atoms with E-state index in [9.17, 15) is 14.4 Å². The van der Waals surface area contributed by atoms with E-state index in [1.165, 1.54) is 11.7 Å². The van der Waals surface area contributed by atoms with Crippen molar-refractivity contribution in [2.45, 2.75) is 64.8 Å². The predicted molar refractivity (Wildman–Crippen MR) is 189 cm³/mol. The molecule has 4 aromatic rings. The van der Waals surface area contributed by atoms with Gasteiger partial charge in [0.1, 0.15) is 12.4 Å². The number of imidazole rings is 1. The van der Waals surface area contributed by atoms with E-state index >= 15 is 0 Å². The Kier molecular flexibility index (Phi) is 10.5. The first-order valence-electron chi connectivity index (χ1n) is 15.9. The van der Waals surface area contributed by atoms with Crippen molar-refractivity contribution in [3.63, 3.8) is 0 Å². The number of halogens is 2. The molecule has 0 saturated carbocycles. The van der Waals surface area contributed by atoms with E-state index in [-0.39, 0.29) is 22.1 Å². The first-order valence-corrected chi connectivity index (χ1v) is 19.6. The van der Waals surface area contributed by atoms with Gasteiger partial charge in [0.15, 0.2) is 19.5 Å². The van der Waals surface area contributed by atoms with Gasteiger partial charge in [-0.1, -0.05) is 56.1 Å². The summed E-state index contributed by atoms with van der Waals surface area (Å²) in [6.45, 7) is 14.4. The highest BCUT2D eigenvalue weighted by atomic mass is 35.5. The van der Waals surface area contributed by atoms with Crippen LogP contribution in [0.1, 0.15) is 33.6 Å². The fourth-order valence-electron chi connectivity index (χ4n) is 5.70. The Bertz CT molecular complexity index is 1870. The molecule has 1 saturated heterocycles. The largest absolute Gasteiger partial charge is 0.468 e. The van der Waals surface area contributed by atoms with Gasteiger partial charge in [0.05, 0.1) is 12.1 Å². The second-order valence-corrected chi connectivity index (χ2v) is 19.3. The van der Waals surface area contributed by atoms with Gasteiger partial charge in [-0.2, -0.15) is 0 Å². The number of piperidine rings is 1. The first-order chi connectivity index (χ1) is 22.2. The minimum Gasteiger partial charge on any atom is -0.468 e. The number of ether oxygens (including phenoxy) is 1. The molecule has 0 radical (unpaired) electrons. The zero-order chi connectivity index (χ0) is 34.1. The molecule has 47 heavy (non-hydrogen) atoms. The number of esters is 1. The molecule has 0 bridgehead atoms. The lowest BCUT2D eigenvalue weighted by Gasteiger charge is -2.37. The second-order valence-electron chi connectivity index (χ2n) is 13.7. The van der Waals surface area contributed by atoms with Crippen LogP contribution in [0.3, 0.4) is 0 Å². The van der Waals surface area contributed by atoms with Crippen LogP contribution in [0.2, 0.25) is 28.2 Å². The molecule has 0 unspecified atom stereocenters. The van der Waals surface area contributed by atoms with Crippen LogP contribution in [-0.2, 0) is 27.0 Å². The zero-order valence-corrected chi connectivity index (χ0v) is 30.4. The molecule has 2 aromatic carbocycles. The Hall–Kier alpha value is -3.22. The molecular weight excluding hydrogens is 657 g/mol. The van der Waals surface area contributed by atoms with Crippen LogP contribution in [0.15, 0.2) is 58.1 Å². The molecule has 0 amide bonds. The van der Waals surface area contributed by atoms with Crippen molar-refractivity contribution in [2.75, 3.05) is 33.4 Å². The van der Waals surface area contributed by atoms with Gasteiger partial charge in [-0.15, -0.1) is 0 Å². The summed E-state index contributed by atoms with van der Waals surface area (Å²) in [5, 5.41) is 1.12. The molecule has 10 nitrogen and oxygen atoms in total. The maximum atomic E-state index is 14.1. The molecule has 5 rings (SSSR count). The summed E-state index contributed by atoms with van der Waals surface area (Å²) in [6, 6.07) is 14.2. The summed E-state index contributed by atoms with van der Waals surface area (Å²) in [5.74, 6) is -0.153. The summed E-state index contributed by atoms with van der Waals surface area (Å²) in [4.78, 5) is 47.9. The molecule has 0 N–H and O–H groups in total. The van der Waals surface area contributed by atoms with E-state index in [0.29, 0.717) is 40.3 Å². The summed E-state index contributed by atoms with van der Waals surface area (Å²) < 4.78 is 15.4. The number of aromatic nitrogens is 4. The van der Waals surface area contributed by atoms with E-state index in [4.69, 9.17) is 37.3 Å². The third-order valence-electron chi connectivity index (χ3n) is 9.56. The van der Waals surface area contributed by atoms with Crippen LogP contribution in [0.5, 0.6) is 0 Å². The van der Waals surface area contributed by atoms with E-state index in [0.717, 1.165) is 37.0 Å². The maximum absolute atomic E-state index is 14.1. The Balaban J connectivity index is 1.54. The van der Waals surface area contributed by atoms with Gasteiger partial charge in [0, 0.05) is 36.0 Å². The van der Waals surface area contributed by atoms with Gasteiger partial charge in [0.2, 0.25) is 0 Å². The predicted octanol–water partition coefficient (Wildman–Crippen LogP) is 6.23. The van der Waals surface area contributed by atoms with Gasteiger partial charge < -0.3 is 14.1 Å². The topological polar surface area (TPSA) is 101 Å². The number of fused-ring (bicyclic) bond motifs is 1.